The van der Waals surface area contributed by atoms with Crippen molar-refractivity contribution in [2.24, 2.45) is 11.3 Å². The fraction of sp³-hybridized carbons (Fsp3) is 0.125. The third-order valence-electron chi connectivity index (χ3n) is 5.94. The van der Waals surface area contributed by atoms with Gasteiger partial charge < -0.3 is 0 Å². The quantitative estimate of drug-likeness (QED) is 0.504. The zero-order chi connectivity index (χ0) is 19.5. The first-order valence-corrected chi connectivity index (χ1v) is 9.10. The Morgan fingerprint density at radius 2 is 1.29 bits per heavy atom. The first-order valence-electron chi connectivity index (χ1n) is 9.10. The SMILES string of the molecule is O=C(c1ccccc1)[C@H]1[C@H](c2ccc(F)cc2)C12C(=O)c1ccccc1C2=O. The molecule has 2 atom stereocenters. The molecule has 4 heteroatoms. The molecular formula is C24H15FO3. The minimum atomic E-state index is -1.42. The third-order valence-corrected chi connectivity index (χ3v) is 5.94. The van der Waals surface area contributed by atoms with E-state index in [1.165, 1.54) is 12.1 Å². The second kappa shape index (κ2) is 5.80. The molecule has 3 aromatic rings. The number of carbonyl (C=O) groups excluding carboxylic acids is 3. The number of Topliss-reactive ketones (excluding diaryl/α,β-unsaturated/α-hetero) is 3. The minimum Gasteiger partial charge on any atom is -0.294 e. The van der Waals surface area contributed by atoms with Crippen molar-refractivity contribution in [2.45, 2.75) is 5.92 Å². The second-order valence-corrected chi connectivity index (χ2v) is 7.31. The number of carbonyl (C=O) groups is 3. The molecule has 5 rings (SSSR count). The Kier molecular flexibility index (Phi) is 3.47. The molecule has 1 spiro atoms. The van der Waals surface area contributed by atoms with Crippen LogP contribution in [-0.4, -0.2) is 17.3 Å². The van der Waals surface area contributed by atoms with Crippen molar-refractivity contribution in [3.8, 4) is 0 Å². The van der Waals surface area contributed by atoms with Crippen LogP contribution in [0.3, 0.4) is 0 Å². The van der Waals surface area contributed by atoms with Crippen molar-refractivity contribution >= 4 is 17.3 Å². The molecule has 0 amide bonds. The molecule has 0 unspecified atom stereocenters. The summed E-state index contributed by atoms with van der Waals surface area (Å²) in [7, 11) is 0. The van der Waals surface area contributed by atoms with E-state index in [1.54, 1.807) is 66.7 Å². The van der Waals surface area contributed by atoms with E-state index >= 15 is 0 Å². The summed E-state index contributed by atoms with van der Waals surface area (Å²) in [6, 6.07) is 21.1. The highest BCUT2D eigenvalue weighted by atomic mass is 19.1. The van der Waals surface area contributed by atoms with Crippen LogP contribution in [0.2, 0.25) is 0 Å². The summed E-state index contributed by atoms with van der Waals surface area (Å²) < 4.78 is 13.4. The molecule has 0 N–H and O–H groups in total. The van der Waals surface area contributed by atoms with E-state index in [-0.39, 0.29) is 17.3 Å². The van der Waals surface area contributed by atoms with Crippen LogP contribution in [0, 0.1) is 17.2 Å². The zero-order valence-corrected chi connectivity index (χ0v) is 14.8. The molecule has 2 aliphatic rings. The molecule has 3 aromatic carbocycles. The number of ketones is 3. The van der Waals surface area contributed by atoms with Gasteiger partial charge in [-0.15, -0.1) is 0 Å². The van der Waals surface area contributed by atoms with E-state index in [2.05, 4.69) is 0 Å². The van der Waals surface area contributed by atoms with Gasteiger partial charge in [0.05, 0.1) is 5.92 Å². The van der Waals surface area contributed by atoms with E-state index in [9.17, 15) is 18.8 Å². The summed E-state index contributed by atoms with van der Waals surface area (Å²) in [5.41, 5.74) is 0.401. The summed E-state index contributed by atoms with van der Waals surface area (Å²) in [4.78, 5) is 40.0. The average molecular weight is 370 g/mol. The Balaban J connectivity index is 1.67. The van der Waals surface area contributed by atoms with Crippen LogP contribution < -0.4 is 0 Å². The summed E-state index contributed by atoms with van der Waals surface area (Å²) >= 11 is 0. The van der Waals surface area contributed by atoms with E-state index in [0.29, 0.717) is 22.3 Å². The van der Waals surface area contributed by atoms with Crippen molar-refractivity contribution in [1.82, 2.24) is 0 Å². The van der Waals surface area contributed by atoms with Gasteiger partial charge in [-0.3, -0.25) is 14.4 Å². The average Bonchev–Trinajstić information content (AvgIpc) is 3.38. The fourth-order valence-corrected chi connectivity index (χ4v) is 4.65. The summed E-state index contributed by atoms with van der Waals surface area (Å²) in [5.74, 6) is -2.63. The Hall–Kier alpha value is -3.40. The first kappa shape index (κ1) is 16.8. The molecule has 1 fully saturated rings. The molecule has 0 heterocycles. The predicted molar refractivity (Wildman–Crippen MR) is 101 cm³/mol. The van der Waals surface area contributed by atoms with Gasteiger partial charge in [-0.05, 0) is 17.7 Å². The van der Waals surface area contributed by atoms with Crippen molar-refractivity contribution < 1.29 is 18.8 Å². The summed E-state index contributed by atoms with van der Waals surface area (Å²) in [5, 5.41) is 0. The van der Waals surface area contributed by atoms with Crippen molar-refractivity contribution in [1.29, 1.82) is 0 Å². The number of halogens is 1. The maximum absolute atomic E-state index is 13.4. The molecule has 1 saturated carbocycles. The number of hydrogen-bond donors (Lipinski definition) is 0. The Morgan fingerprint density at radius 1 is 0.750 bits per heavy atom. The van der Waals surface area contributed by atoms with Crippen molar-refractivity contribution in [2.75, 3.05) is 0 Å². The number of fused-ring (bicyclic) bond motifs is 1. The molecule has 0 aromatic heterocycles. The molecule has 0 radical (unpaired) electrons. The van der Waals surface area contributed by atoms with Crippen LogP contribution in [-0.2, 0) is 0 Å². The van der Waals surface area contributed by atoms with Gasteiger partial charge >= 0.3 is 0 Å². The highest BCUT2D eigenvalue weighted by molar-refractivity contribution is 6.35. The van der Waals surface area contributed by atoms with E-state index in [1.807, 2.05) is 0 Å². The molecule has 28 heavy (non-hydrogen) atoms. The molecule has 0 aliphatic heterocycles. The summed E-state index contributed by atoms with van der Waals surface area (Å²) in [6.07, 6.45) is 0. The van der Waals surface area contributed by atoms with Crippen LogP contribution in [0.25, 0.3) is 0 Å². The van der Waals surface area contributed by atoms with Gasteiger partial charge in [0.15, 0.2) is 17.3 Å². The van der Waals surface area contributed by atoms with E-state index in [0.717, 1.165) is 0 Å². The van der Waals surface area contributed by atoms with Gasteiger partial charge in [-0.25, -0.2) is 4.39 Å². The van der Waals surface area contributed by atoms with Crippen LogP contribution in [0.4, 0.5) is 4.39 Å². The zero-order valence-electron chi connectivity index (χ0n) is 14.8. The fourth-order valence-electron chi connectivity index (χ4n) is 4.65. The monoisotopic (exact) mass is 370 g/mol. The molecule has 0 saturated heterocycles. The molecule has 2 aliphatic carbocycles. The van der Waals surface area contributed by atoms with Crippen LogP contribution in [0.5, 0.6) is 0 Å². The lowest BCUT2D eigenvalue weighted by atomic mass is 9.91. The third kappa shape index (κ3) is 2.06. The maximum Gasteiger partial charge on any atom is 0.178 e. The van der Waals surface area contributed by atoms with Gasteiger partial charge in [0.1, 0.15) is 11.2 Å². The normalized spacial score (nSPS) is 21.6. The Labute approximate surface area is 160 Å². The van der Waals surface area contributed by atoms with Crippen LogP contribution in [0.1, 0.15) is 42.6 Å². The Bertz CT molecular complexity index is 1100. The standard InChI is InChI=1S/C24H15FO3/c25-16-12-10-14(11-13-16)19-20(21(26)15-6-2-1-3-7-15)24(19)22(27)17-8-4-5-9-18(17)23(24)28/h1-13,19-20H/t19-,20+/m0/s1. The lowest BCUT2D eigenvalue weighted by Crippen LogP contribution is -2.23. The number of hydrogen-bond acceptors (Lipinski definition) is 3. The van der Waals surface area contributed by atoms with Crippen LogP contribution in [0.15, 0.2) is 78.9 Å². The lowest BCUT2D eigenvalue weighted by molar-refractivity contribution is 0.0764. The summed E-state index contributed by atoms with van der Waals surface area (Å²) in [6.45, 7) is 0. The minimum absolute atomic E-state index is 0.232. The van der Waals surface area contributed by atoms with Crippen molar-refractivity contribution in [3.05, 3.63) is 107 Å². The van der Waals surface area contributed by atoms with Crippen LogP contribution >= 0.6 is 0 Å². The molecule has 3 nitrogen and oxygen atoms in total. The molecular weight excluding hydrogens is 355 g/mol. The van der Waals surface area contributed by atoms with Gasteiger partial charge in [-0.2, -0.15) is 0 Å². The predicted octanol–water partition coefficient (Wildman–Crippen LogP) is 4.49. The highest BCUT2D eigenvalue weighted by Crippen LogP contribution is 2.70. The molecule has 0 bridgehead atoms. The Morgan fingerprint density at radius 3 is 1.86 bits per heavy atom. The van der Waals surface area contributed by atoms with Gasteiger partial charge in [0.25, 0.3) is 0 Å². The lowest BCUT2D eigenvalue weighted by Gasteiger charge is -2.07. The second-order valence-electron chi connectivity index (χ2n) is 7.31. The molecule has 136 valence electrons. The maximum atomic E-state index is 13.4. The largest absolute Gasteiger partial charge is 0.294 e. The smallest absolute Gasteiger partial charge is 0.178 e. The van der Waals surface area contributed by atoms with E-state index in [4.69, 9.17) is 0 Å². The number of rotatable bonds is 3. The van der Waals surface area contributed by atoms with Gasteiger partial charge in [0, 0.05) is 22.6 Å². The van der Waals surface area contributed by atoms with Gasteiger partial charge in [0.2, 0.25) is 0 Å². The number of benzene rings is 3. The van der Waals surface area contributed by atoms with E-state index < -0.39 is 23.1 Å². The topological polar surface area (TPSA) is 51.2 Å². The first-order chi connectivity index (χ1) is 13.6. The van der Waals surface area contributed by atoms with Crippen molar-refractivity contribution in [3.63, 3.8) is 0 Å². The highest BCUT2D eigenvalue weighted by Gasteiger charge is 2.78. The van der Waals surface area contributed by atoms with Gasteiger partial charge in [-0.1, -0.05) is 66.7 Å².